The van der Waals surface area contributed by atoms with Gasteiger partial charge in [-0.2, -0.15) is 5.26 Å². The highest BCUT2D eigenvalue weighted by Gasteiger charge is 2.12. The molecule has 6 nitrogen and oxygen atoms in total. The van der Waals surface area contributed by atoms with Crippen molar-refractivity contribution in [3.63, 3.8) is 0 Å². The maximum absolute atomic E-state index is 12.2. The fraction of sp³-hybridized carbons (Fsp3) is 0.118. The quantitative estimate of drug-likeness (QED) is 0.655. The van der Waals surface area contributed by atoms with E-state index in [0.29, 0.717) is 17.1 Å². The van der Waals surface area contributed by atoms with E-state index in [2.05, 4.69) is 15.6 Å². The van der Waals surface area contributed by atoms with Gasteiger partial charge >= 0.3 is 0 Å². The van der Waals surface area contributed by atoms with Gasteiger partial charge in [0.1, 0.15) is 17.4 Å². The van der Waals surface area contributed by atoms with Crippen molar-refractivity contribution in [1.29, 1.82) is 5.26 Å². The second-order valence-corrected chi connectivity index (χ2v) is 4.71. The highest BCUT2D eigenvalue weighted by Crippen LogP contribution is 2.25. The van der Waals surface area contributed by atoms with E-state index >= 15 is 0 Å². The number of carbonyl (C=O) groups excluding carboxylic acids is 1. The lowest BCUT2D eigenvalue weighted by Gasteiger charge is -2.10. The van der Waals surface area contributed by atoms with E-state index in [1.165, 1.54) is 13.3 Å². The Morgan fingerprint density at radius 3 is 2.87 bits per heavy atom. The number of aryl methyl sites for hydroxylation is 1. The molecule has 1 amide bonds. The molecule has 1 aromatic carbocycles. The number of nitrogens with zero attached hydrogens (tertiary/aromatic N) is 2. The largest absolute Gasteiger partial charge is 0.495 e. The van der Waals surface area contributed by atoms with Crippen LogP contribution in [0.15, 0.2) is 54.5 Å². The Labute approximate surface area is 134 Å². The van der Waals surface area contributed by atoms with Crippen molar-refractivity contribution in [2.75, 3.05) is 17.7 Å². The molecule has 0 aliphatic heterocycles. The summed E-state index contributed by atoms with van der Waals surface area (Å²) >= 11 is 0. The number of hydrogen-bond donors (Lipinski definition) is 2. The summed E-state index contributed by atoms with van der Waals surface area (Å²) in [6, 6.07) is 10.8. The van der Waals surface area contributed by atoms with Crippen LogP contribution in [0.4, 0.5) is 11.4 Å². The summed E-state index contributed by atoms with van der Waals surface area (Å²) in [4.78, 5) is 16.2. The minimum atomic E-state index is -0.521. The van der Waals surface area contributed by atoms with Gasteiger partial charge in [0, 0.05) is 12.4 Å². The first-order chi connectivity index (χ1) is 11.1. The molecule has 2 rings (SSSR count). The molecule has 0 radical (unpaired) electrons. The molecule has 2 aromatic rings. The van der Waals surface area contributed by atoms with Gasteiger partial charge in [-0.05, 0) is 36.8 Å². The maximum atomic E-state index is 12.2. The second-order valence-electron chi connectivity index (χ2n) is 4.71. The van der Waals surface area contributed by atoms with Crippen molar-refractivity contribution in [2.24, 2.45) is 0 Å². The van der Waals surface area contributed by atoms with Crippen LogP contribution < -0.4 is 15.4 Å². The van der Waals surface area contributed by atoms with Crippen LogP contribution in [0.5, 0.6) is 5.75 Å². The first-order valence-corrected chi connectivity index (χ1v) is 6.87. The summed E-state index contributed by atoms with van der Waals surface area (Å²) < 4.78 is 5.20. The molecule has 6 heteroatoms. The van der Waals surface area contributed by atoms with Gasteiger partial charge in [0.05, 0.1) is 24.7 Å². The van der Waals surface area contributed by atoms with Crippen LogP contribution in [0.2, 0.25) is 0 Å². The molecule has 1 aromatic heterocycles. The van der Waals surface area contributed by atoms with Gasteiger partial charge in [-0.1, -0.05) is 6.07 Å². The van der Waals surface area contributed by atoms with Crippen molar-refractivity contribution in [3.05, 3.63) is 60.1 Å². The third-order valence-corrected chi connectivity index (χ3v) is 3.01. The van der Waals surface area contributed by atoms with E-state index in [4.69, 9.17) is 10.00 Å². The first kappa shape index (κ1) is 16.0. The highest BCUT2D eigenvalue weighted by molar-refractivity contribution is 6.07. The van der Waals surface area contributed by atoms with Crippen LogP contribution in [-0.4, -0.2) is 18.0 Å². The summed E-state index contributed by atoms with van der Waals surface area (Å²) in [7, 11) is 1.52. The second kappa shape index (κ2) is 7.61. The standard InChI is InChI=1S/C17H16N4O2/c1-12-5-6-16(23-2)15(8-12)21-17(22)13(9-18)10-20-14-4-3-7-19-11-14/h3-8,10-11,20H,1-2H3,(H,21,22)/b13-10-. The molecular formula is C17H16N4O2. The van der Waals surface area contributed by atoms with Gasteiger partial charge in [-0.3, -0.25) is 9.78 Å². The molecule has 0 fully saturated rings. The van der Waals surface area contributed by atoms with E-state index in [1.807, 2.05) is 19.1 Å². The van der Waals surface area contributed by atoms with E-state index in [-0.39, 0.29) is 5.57 Å². The molecule has 0 aliphatic carbocycles. The zero-order chi connectivity index (χ0) is 16.7. The summed E-state index contributed by atoms with van der Waals surface area (Å²) in [6.45, 7) is 1.90. The number of hydrogen-bond acceptors (Lipinski definition) is 5. The van der Waals surface area contributed by atoms with Gasteiger partial charge in [0.2, 0.25) is 0 Å². The molecule has 0 saturated carbocycles. The lowest BCUT2D eigenvalue weighted by molar-refractivity contribution is -0.112. The lowest BCUT2D eigenvalue weighted by Crippen LogP contribution is -2.15. The Kier molecular flexibility index (Phi) is 5.31. The van der Waals surface area contributed by atoms with E-state index in [9.17, 15) is 4.79 Å². The summed E-state index contributed by atoms with van der Waals surface area (Å²) in [5.41, 5.74) is 2.11. The topological polar surface area (TPSA) is 87.0 Å². The Balaban J connectivity index is 2.15. The first-order valence-electron chi connectivity index (χ1n) is 6.87. The number of nitrogens with one attached hydrogen (secondary N) is 2. The van der Waals surface area contributed by atoms with E-state index < -0.39 is 5.91 Å². The van der Waals surface area contributed by atoms with Crippen molar-refractivity contribution in [1.82, 2.24) is 4.98 Å². The Bertz CT molecular complexity index is 764. The zero-order valence-corrected chi connectivity index (χ0v) is 12.8. The van der Waals surface area contributed by atoms with Crippen molar-refractivity contribution in [3.8, 4) is 11.8 Å². The molecule has 0 saturated heterocycles. The van der Waals surface area contributed by atoms with Crippen LogP contribution in [0, 0.1) is 18.3 Å². The average molecular weight is 308 g/mol. The Morgan fingerprint density at radius 1 is 1.39 bits per heavy atom. The summed E-state index contributed by atoms with van der Waals surface area (Å²) in [5.74, 6) is 0.00856. The average Bonchev–Trinajstić information content (AvgIpc) is 2.56. The van der Waals surface area contributed by atoms with Crippen LogP contribution >= 0.6 is 0 Å². The summed E-state index contributed by atoms with van der Waals surface area (Å²) in [6.07, 6.45) is 4.57. The number of benzene rings is 1. The zero-order valence-electron chi connectivity index (χ0n) is 12.8. The Hall–Kier alpha value is -3.33. The lowest BCUT2D eigenvalue weighted by atomic mass is 10.2. The molecule has 1 heterocycles. The number of carbonyl (C=O) groups is 1. The molecule has 23 heavy (non-hydrogen) atoms. The molecule has 0 spiro atoms. The van der Waals surface area contributed by atoms with Gasteiger partial charge < -0.3 is 15.4 Å². The number of amides is 1. The maximum Gasteiger partial charge on any atom is 0.267 e. The minimum Gasteiger partial charge on any atom is -0.495 e. The van der Waals surface area contributed by atoms with Crippen LogP contribution in [0.3, 0.4) is 0 Å². The van der Waals surface area contributed by atoms with Crippen molar-refractivity contribution in [2.45, 2.75) is 6.92 Å². The monoisotopic (exact) mass is 308 g/mol. The van der Waals surface area contributed by atoms with Crippen LogP contribution in [0.25, 0.3) is 0 Å². The van der Waals surface area contributed by atoms with Gasteiger partial charge in [0.15, 0.2) is 0 Å². The van der Waals surface area contributed by atoms with Gasteiger partial charge in [-0.15, -0.1) is 0 Å². The third-order valence-electron chi connectivity index (χ3n) is 3.01. The van der Waals surface area contributed by atoms with Gasteiger partial charge in [0.25, 0.3) is 5.91 Å². The van der Waals surface area contributed by atoms with Crippen molar-refractivity contribution < 1.29 is 9.53 Å². The summed E-state index contributed by atoms with van der Waals surface area (Å²) in [5, 5.41) is 14.7. The number of ether oxygens (including phenoxy) is 1. The molecule has 116 valence electrons. The third kappa shape index (κ3) is 4.32. The van der Waals surface area contributed by atoms with Gasteiger partial charge in [-0.25, -0.2) is 0 Å². The normalized spacial score (nSPS) is 10.6. The molecule has 0 bridgehead atoms. The number of pyridine rings is 1. The van der Waals surface area contributed by atoms with Crippen LogP contribution in [-0.2, 0) is 4.79 Å². The number of aromatic nitrogens is 1. The number of methoxy groups -OCH3 is 1. The molecule has 0 aliphatic rings. The Morgan fingerprint density at radius 2 is 2.22 bits per heavy atom. The fourth-order valence-corrected chi connectivity index (χ4v) is 1.86. The molecule has 2 N–H and O–H groups in total. The number of nitriles is 1. The number of rotatable bonds is 5. The predicted molar refractivity (Wildman–Crippen MR) is 87.9 cm³/mol. The van der Waals surface area contributed by atoms with Crippen molar-refractivity contribution >= 4 is 17.3 Å². The SMILES string of the molecule is COc1ccc(C)cc1NC(=O)/C(C#N)=C\Nc1cccnc1. The highest BCUT2D eigenvalue weighted by atomic mass is 16.5. The van der Waals surface area contributed by atoms with E-state index in [0.717, 1.165) is 5.56 Å². The molecule has 0 unspecified atom stereocenters. The molecule has 0 atom stereocenters. The smallest absolute Gasteiger partial charge is 0.267 e. The minimum absolute atomic E-state index is 0.0580. The van der Waals surface area contributed by atoms with Crippen LogP contribution in [0.1, 0.15) is 5.56 Å². The fourth-order valence-electron chi connectivity index (χ4n) is 1.86. The van der Waals surface area contributed by atoms with E-state index in [1.54, 1.807) is 36.7 Å². The number of anilines is 2. The predicted octanol–water partition coefficient (Wildman–Crippen LogP) is 2.86. The molecular weight excluding hydrogens is 292 g/mol.